The van der Waals surface area contributed by atoms with Gasteiger partial charge in [-0.25, -0.2) is 8.42 Å². The average molecular weight is 390 g/mol. The van der Waals surface area contributed by atoms with Crippen molar-refractivity contribution >= 4 is 21.7 Å². The third-order valence-corrected chi connectivity index (χ3v) is 6.17. The maximum atomic E-state index is 12.5. The highest BCUT2D eigenvalue weighted by Gasteiger charge is 2.23. The molecule has 7 nitrogen and oxygen atoms in total. The standard InChI is InChI=1S/C19H22N2O5S/c22-17(21-11-4-5-12-21)8-10-20-19(23)18-15(9-13-26-18)14-27(24,25)16-6-2-1-3-7-16/h1-3,6-7,9,13H,4-5,8,10-12,14H2,(H,20,23). The molecule has 0 aliphatic carbocycles. The number of carbonyl (C=O) groups excluding carboxylic acids is 2. The Kier molecular flexibility index (Phi) is 5.95. The maximum absolute atomic E-state index is 12.5. The molecule has 0 unspecified atom stereocenters. The van der Waals surface area contributed by atoms with Gasteiger partial charge in [0.15, 0.2) is 15.6 Å². The minimum absolute atomic E-state index is 0.0131. The molecule has 1 N–H and O–H groups in total. The number of benzene rings is 1. The molecule has 3 rings (SSSR count). The van der Waals surface area contributed by atoms with Crippen molar-refractivity contribution in [1.82, 2.24) is 10.2 Å². The minimum atomic E-state index is -3.59. The molecule has 1 aliphatic rings. The Morgan fingerprint density at radius 1 is 1.07 bits per heavy atom. The van der Waals surface area contributed by atoms with Crippen molar-refractivity contribution in [1.29, 1.82) is 0 Å². The first kappa shape index (κ1) is 19.2. The van der Waals surface area contributed by atoms with Gasteiger partial charge in [-0.05, 0) is 31.0 Å². The lowest BCUT2D eigenvalue weighted by atomic mass is 10.2. The summed E-state index contributed by atoms with van der Waals surface area (Å²) in [5.74, 6) is -0.877. The molecule has 1 aromatic heterocycles. The molecule has 0 atom stereocenters. The second kappa shape index (κ2) is 8.39. The topological polar surface area (TPSA) is 96.7 Å². The Morgan fingerprint density at radius 2 is 1.78 bits per heavy atom. The van der Waals surface area contributed by atoms with E-state index in [4.69, 9.17) is 4.42 Å². The van der Waals surface area contributed by atoms with E-state index in [9.17, 15) is 18.0 Å². The first-order valence-electron chi connectivity index (χ1n) is 8.87. The summed E-state index contributed by atoms with van der Waals surface area (Å²) in [5, 5.41) is 2.63. The van der Waals surface area contributed by atoms with Crippen LogP contribution in [-0.2, 0) is 20.4 Å². The third-order valence-electron chi connectivity index (χ3n) is 4.48. The van der Waals surface area contributed by atoms with Crippen LogP contribution in [0.3, 0.4) is 0 Å². The fourth-order valence-electron chi connectivity index (χ4n) is 3.05. The van der Waals surface area contributed by atoms with Crippen molar-refractivity contribution in [3.63, 3.8) is 0 Å². The number of likely N-dealkylation sites (tertiary alicyclic amines) is 1. The predicted octanol–water partition coefficient (Wildman–Crippen LogP) is 2.00. The van der Waals surface area contributed by atoms with Crippen LogP contribution in [0.25, 0.3) is 0 Å². The van der Waals surface area contributed by atoms with Crippen LogP contribution in [0, 0.1) is 0 Å². The van der Waals surface area contributed by atoms with Crippen LogP contribution >= 0.6 is 0 Å². The molecule has 2 amide bonds. The third kappa shape index (κ3) is 4.77. The Hall–Kier alpha value is -2.61. The summed E-state index contributed by atoms with van der Waals surface area (Å²) in [5.41, 5.74) is 0.294. The van der Waals surface area contributed by atoms with Gasteiger partial charge in [0.1, 0.15) is 0 Å². The highest BCUT2D eigenvalue weighted by Crippen LogP contribution is 2.20. The molecule has 2 heterocycles. The van der Waals surface area contributed by atoms with E-state index in [1.807, 2.05) is 0 Å². The van der Waals surface area contributed by atoms with Gasteiger partial charge in [0.25, 0.3) is 5.91 Å². The normalized spacial score (nSPS) is 14.3. The van der Waals surface area contributed by atoms with Crippen molar-refractivity contribution in [3.8, 4) is 0 Å². The molecule has 1 aliphatic heterocycles. The lowest BCUT2D eigenvalue weighted by molar-refractivity contribution is -0.129. The van der Waals surface area contributed by atoms with Gasteiger partial charge < -0.3 is 14.6 Å². The summed E-state index contributed by atoms with van der Waals surface area (Å²) >= 11 is 0. The van der Waals surface area contributed by atoms with E-state index in [2.05, 4.69) is 5.32 Å². The Balaban J connectivity index is 1.59. The van der Waals surface area contributed by atoms with Crippen LogP contribution in [0.15, 0.2) is 52.0 Å². The summed E-state index contributed by atoms with van der Waals surface area (Å²) in [7, 11) is -3.59. The molecule has 0 saturated carbocycles. The van der Waals surface area contributed by atoms with Crippen LogP contribution in [-0.4, -0.2) is 44.8 Å². The smallest absolute Gasteiger partial charge is 0.287 e. The maximum Gasteiger partial charge on any atom is 0.287 e. The number of carbonyl (C=O) groups is 2. The second-order valence-electron chi connectivity index (χ2n) is 6.44. The van der Waals surface area contributed by atoms with E-state index in [1.165, 1.54) is 24.5 Å². The largest absolute Gasteiger partial charge is 0.459 e. The molecule has 27 heavy (non-hydrogen) atoms. The zero-order chi connectivity index (χ0) is 19.3. The molecular weight excluding hydrogens is 368 g/mol. The number of amides is 2. The lowest BCUT2D eigenvalue weighted by Gasteiger charge is -2.15. The monoisotopic (exact) mass is 390 g/mol. The van der Waals surface area contributed by atoms with Gasteiger partial charge in [-0.1, -0.05) is 18.2 Å². The van der Waals surface area contributed by atoms with Gasteiger partial charge in [-0.15, -0.1) is 0 Å². The van der Waals surface area contributed by atoms with Crippen molar-refractivity contribution in [2.24, 2.45) is 0 Å². The van der Waals surface area contributed by atoms with Crippen LogP contribution in [0.4, 0.5) is 0 Å². The summed E-state index contributed by atoms with van der Waals surface area (Å²) in [6.07, 6.45) is 3.54. The summed E-state index contributed by atoms with van der Waals surface area (Å²) in [6, 6.07) is 9.53. The number of hydrogen-bond acceptors (Lipinski definition) is 5. The fourth-order valence-corrected chi connectivity index (χ4v) is 4.43. The molecule has 144 valence electrons. The summed E-state index contributed by atoms with van der Waals surface area (Å²) in [4.78, 5) is 26.3. The molecule has 0 bridgehead atoms. The van der Waals surface area contributed by atoms with Crippen LogP contribution in [0.1, 0.15) is 35.4 Å². The van der Waals surface area contributed by atoms with Crippen molar-refractivity contribution in [2.75, 3.05) is 19.6 Å². The SMILES string of the molecule is O=C(NCCC(=O)N1CCCC1)c1occc1CS(=O)(=O)c1ccccc1. The van der Waals surface area contributed by atoms with Crippen molar-refractivity contribution in [2.45, 2.75) is 29.9 Å². The number of rotatable bonds is 7. The molecule has 0 radical (unpaired) electrons. The van der Waals surface area contributed by atoms with Crippen LogP contribution in [0.2, 0.25) is 0 Å². The quantitative estimate of drug-likeness (QED) is 0.780. The number of furan rings is 1. The van der Waals surface area contributed by atoms with Gasteiger partial charge in [0, 0.05) is 31.6 Å². The number of sulfone groups is 1. The zero-order valence-electron chi connectivity index (χ0n) is 14.9. The number of nitrogens with one attached hydrogen (secondary N) is 1. The Bertz CT molecular complexity index is 899. The van der Waals surface area contributed by atoms with Crippen molar-refractivity contribution in [3.05, 3.63) is 54.0 Å². The van der Waals surface area contributed by atoms with E-state index in [0.717, 1.165) is 25.9 Å². The Labute approximate surface area is 158 Å². The number of hydrogen-bond donors (Lipinski definition) is 1. The van der Waals surface area contributed by atoms with E-state index >= 15 is 0 Å². The average Bonchev–Trinajstić information content (AvgIpc) is 3.34. The van der Waals surface area contributed by atoms with Gasteiger partial charge in [0.05, 0.1) is 16.9 Å². The lowest BCUT2D eigenvalue weighted by Crippen LogP contribution is -2.32. The molecule has 8 heteroatoms. The first-order valence-corrected chi connectivity index (χ1v) is 10.5. The highest BCUT2D eigenvalue weighted by molar-refractivity contribution is 7.90. The molecule has 1 saturated heterocycles. The van der Waals surface area contributed by atoms with Gasteiger partial charge in [-0.2, -0.15) is 0 Å². The van der Waals surface area contributed by atoms with Gasteiger partial charge >= 0.3 is 0 Å². The molecule has 1 aromatic carbocycles. The fraction of sp³-hybridized carbons (Fsp3) is 0.368. The van der Waals surface area contributed by atoms with E-state index < -0.39 is 15.7 Å². The van der Waals surface area contributed by atoms with Crippen LogP contribution < -0.4 is 5.32 Å². The molecule has 1 fully saturated rings. The van der Waals surface area contributed by atoms with Crippen LogP contribution in [0.5, 0.6) is 0 Å². The predicted molar refractivity (Wildman–Crippen MR) is 98.8 cm³/mol. The molecule has 2 aromatic rings. The molecule has 0 spiro atoms. The minimum Gasteiger partial charge on any atom is -0.459 e. The van der Waals surface area contributed by atoms with E-state index in [1.54, 1.807) is 23.1 Å². The van der Waals surface area contributed by atoms with Gasteiger partial charge in [0.2, 0.25) is 5.91 Å². The van der Waals surface area contributed by atoms with Crippen molar-refractivity contribution < 1.29 is 22.4 Å². The second-order valence-corrected chi connectivity index (χ2v) is 8.43. The number of nitrogens with zero attached hydrogens (tertiary/aromatic N) is 1. The van der Waals surface area contributed by atoms with Gasteiger partial charge in [-0.3, -0.25) is 9.59 Å². The van der Waals surface area contributed by atoms with E-state index in [0.29, 0.717) is 5.56 Å². The summed E-state index contributed by atoms with van der Waals surface area (Å²) in [6.45, 7) is 1.72. The molecular formula is C19H22N2O5S. The zero-order valence-corrected chi connectivity index (χ0v) is 15.7. The first-order chi connectivity index (χ1) is 13.0. The highest BCUT2D eigenvalue weighted by atomic mass is 32.2. The Morgan fingerprint density at radius 3 is 2.48 bits per heavy atom. The van der Waals surface area contributed by atoms with E-state index in [-0.39, 0.29) is 35.3 Å². The summed E-state index contributed by atoms with van der Waals surface area (Å²) < 4.78 is 30.2.